The number of carbonyl (C=O) groups is 4. The molecule has 9 nitrogen and oxygen atoms in total. The molecule has 1 heterocycles. The van der Waals surface area contributed by atoms with E-state index >= 15 is 0 Å². The van der Waals surface area contributed by atoms with Crippen LogP contribution in [0.5, 0.6) is 0 Å². The molecule has 2 fully saturated rings. The quantitative estimate of drug-likeness (QED) is 0.130. The molecule has 0 unspecified atom stereocenters. The monoisotopic (exact) mass is 671 g/mol. The Morgan fingerprint density at radius 1 is 1.00 bits per heavy atom. The van der Waals surface area contributed by atoms with Crippen LogP contribution >= 0.6 is 43.5 Å². The molecule has 0 aromatic heterocycles. The Labute approximate surface area is 238 Å². The summed E-state index contributed by atoms with van der Waals surface area (Å²) in [5.41, 5.74) is -0.284. The maximum Gasteiger partial charge on any atom is 0.273 e. The molecular weight excluding hydrogens is 653 g/mol. The Bertz CT molecular complexity index is 1250. The van der Waals surface area contributed by atoms with Crippen LogP contribution in [0.15, 0.2) is 48.5 Å². The van der Waals surface area contributed by atoms with Crippen LogP contribution in [-0.4, -0.2) is 60.0 Å². The van der Waals surface area contributed by atoms with Crippen molar-refractivity contribution in [3.8, 4) is 0 Å². The minimum atomic E-state index is -1.38. The number of carbonyl (C=O) groups excluding carboxylic acids is 4. The molecule has 0 spiro atoms. The maximum absolute atomic E-state index is 13.9. The molecule has 1 saturated heterocycles. The van der Waals surface area contributed by atoms with Crippen LogP contribution in [0.3, 0.4) is 0 Å². The molecule has 1 aliphatic carbocycles. The van der Waals surface area contributed by atoms with Crippen LogP contribution in [0.2, 0.25) is 0 Å². The van der Waals surface area contributed by atoms with Crippen molar-refractivity contribution in [1.82, 2.24) is 10.0 Å². The molecule has 2 aromatic carbocycles. The van der Waals surface area contributed by atoms with Crippen molar-refractivity contribution in [2.24, 2.45) is 11.8 Å². The third kappa shape index (κ3) is 5.39. The van der Waals surface area contributed by atoms with Crippen LogP contribution in [0.25, 0.3) is 0 Å². The SMILES string of the molecule is O=C(c1ccc(F)cc1)[C@H](CCCl)N(C(=O)c1ccc([N+](=O)[O-])cc1)N1C(=O)[C@@H]2C[C@@H](Br)[C@@H](Br)C[C@H]2C1=O. The van der Waals surface area contributed by atoms with Gasteiger partial charge in [-0.25, -0.2) is 9.40 Å². The van der Waals surface area contributed by atoms with Gasteiger partial charge in [0.1, 0.15) is 11.9 Å². The van der Waals surface area contributed by atoms with Gasteiger partial charge in [-0.15, -0.1) is 11.6 Å². The number of ketones is 1. The Balaban J connectivity index is 1.80. The van der Waals surface area contributed by atoms with E-state index in [0.29, 0.717) is 12.8 Å². The molecule has 1 saturated carbocycles. The topological polar surface area (TPSA) is 118 Å². The molecule has 38 heavy (non-hydrogen) atoms. The second-order valence-corrected chi connectivity index (χ2v) is 11.8. The fraction of sp³-hybridized carbons (Fsp3) is 0.360. The van der Waals surface area contributed by atoms with Crippen LogP contribution in [-0.2, 0) is 9.59 Å². The van der Waals surface area contributed by atoms with E-state index in [1.807, 2.05) is 0 Å². The first kappa shape index (κ1) is 28.3. The van der Waals surface area contributed by atoms with Gasteiger partial charge in [0.05, 0.1) is 16.8 Å². The third-order valence-corrected chi connectivity index (χ3v) is 9.70. The molecule has 5 atom stereocenters. The Morgan fingerprint density at radius 2 is 1.50 bits per heavy atom. The Morgan fingerprint density at radius 3 is 1.97 bits per heavy atom. The largest absolute Gasteiger partial charge is 0.292 e. The van der Waals surface area contributed by atoms with Crippen molar-refractivity contribution in [1.29, 1.82) is 0 Å². The summed E-state index contributed by atoms with van der Waals surface area (Å²) in [6.45, 7) is 0. The number of nitro groups is 1. The van der Waals surface area contributed by atoms with Crippen molar-refractivity contribution in [2.75, 3.05) is 5.88 Å². The number of Topliss-reactive ketones (excluding diaryl/α,β-unsaturated/α-hetero) is 1. The number of fused-ring (bicyclic) bond motifs is 1. The van der Waals surface area contributed by atoms with Gasteiger partial charge in [-0.1, -0.05) is 31.9 Å². The molecule has 3 amide bonds. The lowest BCUT2D eigenvalue weighted by atomic mass is 9.81. The van der Waals surface area contributed by atoms with E-state index in [1.54, 1.807) is 0 Å². The molecule has 0 N–H and O–H groups in total. The summed E-state index contributed by atoms with van der Waals surface area (Å²) in [5, 5.41) is 12.7. The summed E-state index contributed by atoms with van der Waals surface area (Å²) in [5.74, 6) is -4.84. The molecule has 0 bridgehead atoms. The second-order valence-electron chi connectivity index (χ2n) is 9.02. The highest BCUT2D eigenvalue weighted by atomic mass is 79.9. The van der Waals surface area contributed by atoms with Gasteiger partial charge in [0, 0.05) is 38.8 Å². The van der Waals surface area contributed by atoms with Gasteiger partial charge in [0.25, 0.3) is 23.4 Å². The highest BCUT2D eigenvalue weighted by Gasteiger charge is 2.56. The van der Waals surface area contributed by atoms with Crippen molar-refractivity contribution in [3.63, 3.8) is 0 Å². The number of hydrogen-bond acceptors (Lipinski definition) is 6. The molecule has 13 heteroatoms. The van der Waals surface area contributed by atoms with Crippen molar-refractivity contribution in [3.05, 3.63) is 75.6 Å². The summed E-state index contributed by atoms with van der Waals surface area (Å²) < 4.78 is 13.5. The van der Waals surface area contributed by atoms with Crippen molar-refractivity contribution < 1.29 is 28.5 Å². The lowest BCUT2D eigenvalue weighted by molar-refractivity contribution is -0.384. The van der Waals surface area contributed by atoms with Gasteiger partial charge in [-0.2, -0.15) is 5.01 Å². The fourth-order valence-corrected chi connectivity index (χ4v) is 6.24. The standard InChI is InChI=1S/C25H21Br2ClFN3O6/c26-19-11-17-18(12-20(19)27)25(36)31(24(17)35)30(23(34)14-3-7-16(8-4-14)32(37)38)21(9-10-28)22(33)13-1-5-15(29)6-2-13/h1-8,17-21H,9-12H2/t17-,18-,19-,20+,21+/m1/s1. The van der Waals surface area contributed by atoms with Crippen LogP contribution in [0.4, 0.5) is 10.1 Å². The summed E-state index contributed by atoms with van der Waals surface area (Å²) in [4.78, 5) is 65.1. The number of imide groups is 1. The van der Waals surface area contributed by atoms with Gasteiger partial charge in [-0.05, 0) is 55.7 Å². The van der Waals surface area contributed by atoms with Crippen molar-refractivity contribution in [2.45, 2.75) is 35.0 Å². The lowest BCUT2D eigenvalue weighted by Gasteiger charge is -2.36. The van der Waals surface area contributed by atoms with Gasteiger partial charge in [0.2, 0.25) is 0 Å². The average molecular weight is 674 g/mol. The highest BCUT2D eigenvalue weighted by Crippen LogP contribution is 2.44. The first-order chi connectivity index (χ1) is 18.0. The van der Waals surface area contributed by atoms with E-state index in [-0.39, 0.29) is 38.8 Å². The number of nitrogens with zero attached hydrogens (tertiary/aromatic N) is 3. The van der Waals surface area contributed by atoms with Crippen LogP contribution < -0.4 is 0 Å². The average Bonchev–Trinajstić information content (AvgIpc) is 3.13. The summed E-state index contributed by atoms with van der Waals surface area (Å²) in [7, 11) is 0. The van der Waals surface area contributed by atoms with Crippen LogP contribution in [0, 0.1) is 27.8 Å². The van der Waals surface area contributed by atoms with E-state index in [1.165, 1.54) is 24.3 Å². The first-order valence-electron chi connectivity index (χ1n) is 11.6. The maximum atomic E-state index is 13.9. The first-order valence-corrected chi connectivity index (χ1v) is 14.0. The molecule has 1 aliphatic heterocycles. The van der Waals surface area contributed by atoms with E-state index in [0.717, 1.165) is 34.3 Å². The van der Waals surface area contributed by atoms with Crippen LogP contribution in [0.1, 0.15) is 40.0 Å². The number of non-ortho nitro benzene ring substituents is 1. The zero-order valence-corrected chi connectivity index (χ0v) is 23.6. The highest BCUT2D eigenvalue weighted by molar-refractivity contribution is 9.12. The van der Waals surface area contributed by atoms with Crippen molar-refractivity contribution >= 4 is 72.7 Å². The van der Waals surface area contributed by atoms with Gasteiger partial charge in [-0.3, -0.25) is 29.3 Å². The molecule has 2 aliphatic rings. The number of nitro benzene ring substituents is 1. The zero-order chi connectivity index (χ0) is 27.7. The minimum Gasteiger partial charge on any atom is -0.292 e. The number of benzene rings is 2. The van der Waals surface area contributed by atoms with Gasteiger partial charge >= 0.3 is 0 Å². The van der Waals surface area contributed by atoms with E-state index in [9.17, 15) is 33.7 Å². The second kappa shape index (κ2) is 11.6. The Kier molecular flexibility index (Phi) is 8.63. The minimum absolute atomic E-state index is 0.0561. The summed E-state index contributed by atoms with van der Waals surface area (Å²) in [6.07, 6.45) is 0.561. The predicted molar refractivity (Wildman–Crippen MR) is 143 cm³/mol. The Hall–Kier alpha value is -2.70. The number of hydrazine groups is 1. The van der Waals surface area contributed by atoms with E-state index < -0.39 is 52.1 Å². The van der Waals surface area contributed by atoms with E-state index in [2.05, 4.69) is 31.9 Å². The number of halogens is 4. The van der Waals surface area contributed by atoms with E-state index in [4.69, 9.17) is 11.6 Å². The number of rotatable bonds is 8. The molecular formula is C25H21Br2ClFN3O6. The number of alkyl halides is 3. The molecule has 200 valence electrons. The van der Waals surface area contributed by atoms with Gasteiger partial charge in [0.15, 0.2) is 5.78 Å². The third-order valence-electron chi connectivity index (χ3n) is 6.75. The normalized spacial score (nSPS) is 23.6. The summed E-state index contributed by atoms with van der Waals surface area (Å²) in [6, 6.07) is 7.87. The number of amides is 3. The zero-order valence-electron chi connectivity index (χ0n) is 19.6. The predicted octanol–water partition coefficient (Wildman–Crippen LogP) is 4.89. The number of hydrogen-bond donors (Lipinski definition) is 0. The lowest BCUT2D eigenvalue weighted by Crippen LogP contribution is -2.57. The van der Waals surface area contributed by atoms with Gasteiger partial charge < -0.3 is 0 Å². The summed E-state index contributed by atoms with van der Waals surface area (Å²) >= 11 is 13.1. The molecule has 0 radical (unpaired) electrons. The fourth-order valence-electron chi connectivity index (χ4n) is 4.79. The smallest absolute Gasteiger partial charge is 0.273 e. The molecule has 4 rings (SSSR count). The molecule has 2 aromatic rings.